The number of esters is 2. The van der Waals surface area contributed by atoms with Crippen molar-refractivity contribution < 1.29 is 33.3 Å². The van der Waals surface area contributed by atoms with Crippen LogP contribution in [0.1, 0.15) is 20.7 Å². The van der Waals surface area contributed by atoms with Gasteiger partial charge in [0.25, 0.3) is 0 Å². The maximum atomic E-state index is 13.4. The van der Waals surface area contributed by atoms with Crippen LogP contribution >= 0.6 is 0 Å². The third kappa shape index (κ3) is 2.81. The summed E-state index contributed by atoms with van der Waals surface area (Å²) in [5, 5.41) is 18.8. The largest absolute Gasteiger partial charge is 0.507 e. The Bertz CT molecular complexity index is 625. The first-order valence-electron chi connectivity index (χ1n) is 5.63. The first kappa shape index (κ1) is 14.4. The van der Waals surface area contributed by atoms with E-state index in [1.165, 1.54) is 0 Å². The molecule has 5 nitrogen and oxygen atoms in total. The van der Waals surface area contributed by atoms with Gasteiger partial charge in [-0.25, -0.2) is 18.4 Å². The molecule has 0 aliphatic heterocycles. The summed E-state index contributed by atoms with van der Waals surface area (Å²) in [5.41, 5.74) is -1.72. The molecule has 2 aromatic rings. The zero-order chi connectivity index (χ0) is 15.6. The third-order valence-electron chi connectivity index (χ3n) is 2.58. The SMILES string of the molecule is O=C(OC(=O)c1c(O)cccc1F)c1c(O)cccc1F. The van der Waals surface area contributed by atoms with Crippen LogP contribution in [0.15, 0.2) is 36.4 Å². The molecule has 0 aliphatic carbocycles. The lowest BCUT2D eigenvalue weighted by Crippen LogP contribution is -2.15. The highest BCUT2D eigenvalue weighted by atomic mass is 19.1. The fourth-order valence-corrected chi connectivity index (χ4v) is 1.62. The normalized spacial score (nSPS) is 10.2. The lowest BCUT2D eigenvalue weighted by Gasteiger charge is -2.07. The van der Waals surface area contributed by atoms with E-state index in [0.717, 1.165) is 36.4 Å². The van der Waals surface area contributed by atoms with E-state index >= 15 is 0 Å². The van der Waals surface area contributed by atoms with Crippen LogP contribution in [0.5, 0.6) is 11.5 Å². The molecular formula is C14H8F2O5. The van der Waals surface area contributed by atoms with Gasteiger partial charge >= 0.3 is 11.9 Å². The van der Waals surface area contributed by atoms with Crippen LogP contribution in [0.3, 0.4) is 0 Å². The van der Waals surface area contributed by atoms with E-state index in [0.29, 0.717) is 0 Å². The molecule has 0 unspecified atom stereocenters. The molecule has 0 saturated carbocycles. The first-order chi connectivity index (χ1) is 9.91. The summed E-state index contributed by atoms with van der Waals surface area (Å²) in [7, 11) is 0. The van der Waals surface area contributed by atoms with E-state index in [1.807, 2.05) is 0 Å². The average molecular weight is 294 g/mol. The number of aromatic hydroxyl groups is 2. The molecule has 0 spiro atoms. The monoisotopic (exact) mass is 294 g/mol. The number of hydrogen-bond acceptors (Lipinski definition) is 5. The van der Waals surface area contributed by atoms with Gasteiger partial charge in [0.05, 0.1) is 0 Å². The predicted molar refractivity (Wildman–Crippen MR) is 65.9 cm³/mol. The third-order valence-corrected chi connectivity index (χ3v) is 2.58. The lowest BCUT2D eigenvalue weighted by molar-refractivity contribution is 0.0388. The summed E-state index contributed by atoms with van der Waals surface area (Å²) in [6.07, 6.45) is 0. The van der Waals surface area contributed by atoms with Crippen LogP contribution in [0.25, 0.3) is 0 Å². The summed E-state index contributed by atoms with van der Waals surface area (Å²) >= 11 is 0. The van der Waals surface area contributed by atoms with Crippen LogP contribution < -0.4 is 0 Å². The van der Waals surface area contributed by atoms with Gasteiger partial charge in [-0.05, 0) is 24.3 Å². The molecule has 0 aliphatic rings. The predicted octanol–water partition coefficient (Wildman–Crippen LogP) is 2.37. The lowest BCUT2D eigenvalue weighted by atomic mass is 10.1. The molecule has 2 aromatic carbocycles. The average Bonchev–Trinajstić information content (AvgIpc) is 2.38. The van der Waals surface area contributed by atoms with Gasteiger partial charge in [0.1, 0.15) is 34.3 Å². The number of hydrogen-bond donors (Lipinski definition) is 2. The summed E-state index contributed by atoms with van der Waals surface area (Å²) < 4.78 is 31.1. The van der Waals surface area contributed by atoms with Crippen LogP contribution in [0.4, 0.5) is 8.78 Å². The van der Waals surface area contributed by atoms with Crippen molar-refractivity contribution in [3.8, 4) is 11.5 Å². The minimum atomic E-state index is -1.50. The van der Waals surface area contributed by atoms with Crippen molar-refractivity contribution in [1.82, 2.24) is 0 Å². The molecule has 0 amide bonds. The second-order valence-electron chi connectivity index (χ2n) is 3.94. The minimum Gasteiger partial charge on any atom is -0.507 e. The van der Waals surface area contributed by atoms with Gasteiger partial charge in [-0.3, -0.25) is 0 Å². The number of ether oxygens (including phenoxy) is 1. The maximum Gasteiger partial charge on any atom is 0.352 e. The van der Waals surface area contributed by atoms with Crippen LogP contribution in [-0.4, -0.2) is 22.2 Å². The zero-order valence-electron chi connectivity index (χ0n) is 10.3. The fraction of sp³-hybridized carbons (Fsp3) is 0. The molecule has 0 heterocycles. The van der Waals surface area contributed by atoms with Crippen molar-refractivity contribution in [3.63, 3.8) is 0 Å². The quantitative estimate of drug-likeness (QED) is 0.656. The number of benzene rings is 2. The first-order valence-corrected chi connectivity index (χ1v) is 5.63. The maximum absolute atomic E-state index is 13.4. The zero-order valence-corrected chi connectivity index (χ0v) is 10.3. The Hall–Kier alpha value is -2.96. The highest BCUT2D eigenvalue weighted by molar-refractivity contribution is 6.05. The van der Waals surface area contributed by atoms with Crippen LogP contribution in [-0.2, 0) is 4.74 Å². The summed E-state index contributed by atoms with van der Waals surface area (Å²) in [6, 6.07) is 6.08. The van der Waals surface area contributed by atoms with Gasteiger partial charge < -0.3 is 14.9 Å². The molecule has 0 aromatic heterocycles. The van der Waals surface area contributed by atoms with E-state index in [2.05, 4.69) is 4.74 Å². The highest BCUT2D eigenvalue weighted by Gasteiger charge is 2.25. The summed E-state index contributed by atoms with van der Waals surface area (Å²) in [5.74, 6) is -6.68. The smallest absolute Gasteiger partial charge is 0.352 e. The standard InChI is InChI=1S/C14H8F2O5/c15-7-3-1-5-9(17)11(7)13(19)21-14(20)12-8(16)4-2-6-10(12)18/h1-6,17-18H. The summed E-state index contributed by atoms with van der Waals surface area (Å²) in [4.78, 5) is 23.3. The molecule has 2 N–H and O–H groups in total. The Kier molecular flexibility index (Phi) is 3.84. The van der Waals surface area contributed by atoms with E-state index < -0.39 is 46.2 Å². The molecule has 0 bridgehead atoms. The van der Waals surface area contributed by atoms with E-state index in [9.17, 15) is 28.6 Å². The van der Waals surface area contributed by atoms with Gasteiger partial charge in [0.15, 0.2) is 0 Å². The molecular weight excluding hydrogens is 286 g/mol. The number of carbonyl (C=O) groups excluding carboxylic acids is 2. The topological polar surface area (TPSA) is 83.8 Å². The number of phenolic OH excluding ortho intramolecular Hbond substituents is 2. The van der Waals surface area contributed by atoms with Gasteiger partial charge in [-0.15, -0.1) is 0 Å². The van der Waals surface area contributed by atoms with Gasteiger partial charge in [0, 0.05) is 0 Å². The number of rotatable bonds is 2. The van der Waals surface area contributed by atoms with Crippen molar-refractivity contribution in [2.24, 2.45) is 0 Å². The molecule has 0 radical (unpaired) electrons. The van der Waals surface area contributed by atoms with Crippen molar-refractivity contribution in [2.75, 3.05) is 0 Å². The van der Waals surface area contributed by atoms with E-state index in [-0.39, 0.29) is 0 Å². The number of carbonyl (C=O) groups is 2. The second-order valence-corrected chi connectivity index (χ2v) is 3.94. The molecule has 0 atom stereocenters. The molecule has 0 saturated heterocycles. The van der Waals surface area contributed by atoms with Crippen molar-refractivity contribution in [1.29, 1.82) is 0 Å². The highest BCUT2D eigenvalue weighted by Crippen LogP contribution is 2.24. The van der Waals surface area contributed by atoms with Crippen LogP contribution in [0.2, 0.25) is 0 Å². The van der Waals surface area contributed by atoms with Crippen molar-refractivity contribution >= 4 is 11.9 Å². The second kappa shape index (κ2) is 5.58. The Morgan fingerprint density at radius 1 is 0.810 bits per heavy atom. The van der Waals surface area contributed by atoms with Crippen molar-refractivity contribution in [2.45, 2.75) is 0 Å². The molecule has 0 fully saturated rings. The molecule has 108 valence electrons. The fourth-order valence-electron chi connectivity index (χ4n) is 1.62. The van der Waals surface area contributed by atoms with E-state index in [1.54, 1.807) is 0 Å². The number of phenols is 2. The Morgan fingerprint density at radius 3 is 1.52 bits per heavy atom. The Balaban J connectivity index is 2.30. The minimum absolute atomic E-state index is 0.731. The van der Waals surface area contributed by atoms with Gasteiger partial charge in [-0.1, -0.05) is 12.1 Å². The molecule has 2 rings (SSSR count). The summed E-state index contributed by atoms with van der Waals surface area (Å²) in [6.45, 7) is 0. The molecule has 7 heteroatoms. The Labute approximate surface area is 117 Å². The van der Waals surface area contributed by atoms with Crippen LogP contribution in [0, 0.1) is 11.6 Å². The van der Waals surface area contributed by atoms with Gasteiger partial charge in [-0.2, -0.15) is 0 Å². The van der Waals surface area contributed by atoms with Crippen molar-refractivity contribution in [3.05, 3.63) is 59.2 Å². The molecule has 21 heavy (non-hydrogen) atoms. The Morgan fingerprint density at radius 2 is 1.19 bits per heavy atom. The number of halogens is 2. The van der Waals surface area contributed by atoms with Gasteiger partial charge in [0.2, 0.25) is 0 Å². The van der Waals surface area contributed by atoms with E-state index in [4.69, 9.17) is 0 Å².